The predicted octanol–water partition coefficient (Wildman–Crippen LogP) is 2.74. The van der Waals surface area contributed by atoms with Crippen LogP contribution in [-0.2, 0) is 0 Å². The Bertz CT molecular complexity index is 44.3. The van der Waals surface area contributed by atoms with Gasteiger partial charge in [-0.05, 0) is 12.3 Å². The first kappa shape index (κ1) is 8.35. The van der Waals surface area contributed by atoms with Gasteiger partial charge in [-0.3, -0.25) is 0 Å². The molecule has 0 heterocycles. The summed E-state index contributed by atoms with van der Waals surface area (Å²) >= 11 is 4.40. The molecule has 0 rings (SSSR count). The molecular weight excluding hydrogens is 116 g/mol. The fourth-order valence-electron chi connectivity index (χ4n) is 0.674. The van der Waals surface area contributed by atoms with Crippen LogP contribution in [0.25, 0.3) is 0 Å². The molecule has 0 aromatic rings. The molecule has 2 atom stereocenters. The minimum atomic E-state index is 0.611. The SMILES string of the molecule is CC[C@@H](C)[C@H](S)CC. The first-order valence-electron chi connectivity index (χ1n) is 3.40. The van der Waals surface area contributed by atoms with Crippen molar-refractivity contribution in [3.05, 3.63) is 0 Å². The fraction of sp³-hybridized carbons (Fsp3) is 1.00. The van der Waals surface area contributed by atoms with E-state index >= 15 is 0 Å². The summed E-state index contributed by atoms with van der Waals surface area (Å²) in [6.07, 6.45) is 2.44. The van der Waals surface area contributed by atoms with Crippen LogP contribution in [0.2, 0.25) is 0 Å². The maximum Gasteiger partial charge on any atom is 0.00397 e. The van der Waals surface area contributed by atoms with Crippen LogP contribution in [0.15, 0.2) is 0 Å². The van der Waals surface area contributed by atoms with E-state index < -0.39 is 0 Å². The van der Waals surface area contributed by atoms with Crippen molar-refractivity contribution in [2.75, 3.05) is 0 Å². The topological polar surface area (TPSA) is 0 Å². The zero-order valence-electron chi connectivity index (χ0n) is 6.02. The van der Waals surface area contributed by atoms with Crippen LogP contribution in [0.4, 0.5) is 0 Å². The summed E-state index contributed by atoms with van der Waals surface area (Å²) in [6, 6.07) is 0. The first-order chi connectivity index (χ1) is 3.72. The molecule has 0 bridgehead atoms. The highest BCUT2D eigenvalue weighted by Gasteiger charge is 2.06. The minimum Gasteiger partial charge on any atom is -0.176 e. The molecule has 0 aliphatic rings. The lowest BCUT2D eigenvalue weighted by Gasteiger charge is -2.13. The van der Waals surface area contributed by atoms with E-state index in [4.69, 9.17) is 0 Å². The summed E-state index contributed by atoms with van der Waals surface area (Å²) in [5, 5.41) is 0.611. The molecule has 0 aromatic carbocycles. The Morgan fingerprint density at radius 3 is 1.88 bits per heavy atom. The smallest absolute Gasteiger partial charge is 0.00397 e. The van der Waals surface area contributed by atoms with Gasteiger partial charge < -0.3 is 0 Å². The molecule has 8 heavy (non-hydrogen) atoms. The third kappa shape index (κ3) is 2.61. The molecule has 0 nitrogen and oxygen atoms in total. The minimum absolute atomic E-state index is 0.611. The second kappa shape index (κ2) is 4.25. The summed E-state index contributed by atoms with van der Waals surface area (Å²) < 4.78 is 0. The molecule has 50 valence electrons. The van der Waals surface area contributed by atoms with Gasteiger partial charge in [0, 0.05) is 5.25 Å². The van der Waals surface area contributed by atoms with Gasteiger partial charge in [0.2, 0.25) is 0 Å². The van der Waals surface area contributed by atoms with Crippen molar-refractivity contribution in [3.8, 4) is 0 Å². The van der Waals surface area contributed by atoms with Crippen LogP contribution in [0.3, 0.4) is 0 Å². The highest BCUT2D eigenvalue weighted by atomic mass is 32.1. The predicted molar refractivity (Wildman–Crippen MR) is 42.5 cm³/mol. The molecule has 0 unspecified atom stereocenters. The maximum absolute atomic E-state index is 4.40. The Kier molecular flexibility index (Phi) is 4.44. The van der Waals surface area contributed by atoms with Crippen molar-refractivity contribution in [1.29, 1.82) is 0 Å². The second-order valence-electron chi connectivity index (χ2n) is 2.36. The zero-order chi connectivity index (χ0) is 6.57. The molecule has 0 aromatic heterocycles. The van der Waals surface area contributed by atoms with E-state index in [9.17, 15) is 0 Å². The van der Waals surface area contributed by atoms with Crippen molar-refractivity contribution in [2.24, 2.45) is 5.92 Å². The molecule has 1 heteroatoms. The van der Waals surface area contributed by atoms with E-state index in [1.807, 2.05) is 0 Å². The Balaban J connectivity index is 3.29. The molecular formula is C7H16S. The Labute approximate surface area is 58.1 Å². The largest absolute Gasteiger partial charge is 0.176 e. The normalized spacial score (nSPS) is 18.0. The highest BCUT2D eigenvalue weighted by molar-refractivity contribution is 7.81. The van der Waals surface area contributed by atoms with E-state index in [1.54, 1.807) is 0 Å². The maximum atomic E-state index is 4.40. The molecule has 0 saturated heterocycles. The number of hydrogen-bond acceptors (Lipinski definition) is 1. The van der Waals surface area contributed by atoms with E-state index in [-0.39, 0.29) is 0 Å². The lowest BCUT2D eigenvalue weighted by molar-refractivity contribution is 0.527. The second-order valence-corrected chi connectivity index (χ2v) is 3.02. The van der Waals surface area contributed by atoms with Crippen molar-refractivity contribution in [2.45, 2.75) is 38.9 Å². The Morgan fingerprint density at radius 2 is 1.75 bits per heavy atom. The number of hydrogen-bond donors (Lipinski definition) is 1. The molecule has 0 radical (unpaired) electrons. The zero-order valence-corrected chi connectivity index (χ0v) is 6.91. The highest BCUT2D eigenvalue weighted by Crippen LogP contribution is 2.15. The third-order valence-electron chi connectivity index (χ3n) is 1.72. The van der Waals surface area contributed by atoms with Gasteiger partial charge in [0.25, 0.3) is 0 Å². The lowest BCUT2D eigenvalue weighted by atomic mass is 10.0. The van der Waals surface area contributed by atoms with Gasteiger partial charge in [-0.25, -0.2) is 0 Å². The molecule has 0 saturated carbocycles. The first-order valence-corrected chi connectivity index (χ1v) is 3.92. The standard InChI is InChI=1S/C7H16S/c1-4-6(3)7(8)5-2/h6-8H,4-5H2,1-3H3/t6-,7-/m1/s1. The van der Waals surface area contributed by atoms with E-state index in [1.165, 1.54) is 12.8 Å². The van der Waals surface area contributed by atoms with Gasteiger partial charge in [-0.15, -0.1) is 0 Å². The van der Waals surface area contributed by atoms with Crippen LogP contribution < -0.4 is 0 Å². The van der Waals surface area contributed by atoms with Gasteiger partial charge in [-0.2, -0.15) is 12.6 Å². The van der Waals surface area contributed by atoms with Crippen molar-refractivity contribution in [3.63, 3.8) is 0 Å². The quantitative estimate of drug-likeness (QED) is 0.561. The third-order valence-corrected chi connectivity index (χ3v) is 2.59. The molecule has 0 amide bonds. The van der Waals surface area contributed by atoms with E-state index in [0.29, 0.717) is 5.25 Å². The summed E-state index contributed by atoms with van der Waals surface area (Å²) in [5.74, 6) is 0.781. The lowest BCUT2D eigenvalue weighted by Crippen LogP contribution is -2.08. The average molecular weight is 132 g/mol. The summed E-state index contributed by atoms with van der Waals surface area (Å²) in [6.45, 7) is 6.65. The monoisotopic (exact) mass is 132 g/mol. The summed E-state index contributed by atoms with van der Waals surface area (Å²) in [5.41, 5.74) is 0. The Hall–Kier alpha value is 0.350. The van der Waals surface area contributed by atoms with Gasteiger partial charge in [0.1, 0.15) is 0 Å². The number of rotatable bonds is 3. The fourth-order valence-corrected chi connectivity index (χ4v) is 0.885. The molecule has 0 spiro atoms. The average Bonchev–Trinajstić information content (AvgIpc) is 1.84. The summed E-state index contributed by atoms with van der Waals surface area (Å²) in [7, 11) is 0. The Morgan fingerprint density at radius 1 is 1.25 bits per heavy atom. The van der Waals surface area contributed by atoms with E-state index in [2.05, 4.69) is 33.4 Å². The van der Waals surface area contributed by atoms with Crippen LogP contribution in [-0.4, -0.2) is 5.25 Å². The van der Waals surface area contributed by atoms with Crippen LogP contribution in [0.1, 0.15) is 33.6 Å². The van der Waals surface area contributed by atoms with Crippen molar-refractivity contribution >= 4 is 12.6 Å². The van der Waals surface area contributed by atoms with E-state index in [0.717, 1.165) is 5.92 Å². The van der Waals surface area contributed by atoms with Gasteiger partial charge in [0.15, 0.2) is 0 Å². The molecule has 0 fully saturated rings. The van der Waals surface area contributed by atoms with Crippen LogP contribution in [0, 0.1) is 5.92 Å². The van der Waals surface area contributed by atoms with Crippen molar-refractivity contribution < 1.29 is 0 Å². The van der Waals surface area contributed by atoms with Gasteiger partial charge in [-0.1, -0.05) is 27.2 Å². The molecule has 0 aliphatic carbocycles. The van der Waals surface area contributed by atoms with Gasteiger partial charge in [0.05, 0.1) is 0 Å². The van der Waals surface area contributed by atoms with Crippen LogP contribution >= 0.6 is 12.6 Å². The number of thiol groups is 1. The van der Waals surface area contributed by atoms with Crippen LogP contribution in [0.5, 0.6) is 0 Å². The van der Waals surface area contributed by atoms with Gasteiger partial charge >= 0.3 is 0 Å². The molecule has 0 N–H and O–H groups in total. The summed E-state index contributed by atoms with van der Waals surface area (Å²) in [4.78, 5) is 0. The molecule has 0 aliphatic heterocycles. The van der Waals surface area contributed by atoms with Crippen molar-refractivity contribution in [1.82, 2.24) is 0 Å².